The SMILES string of the molecule is CNC(=O)c1cccc(NC(=O)C(=N)c2c(NC)ccc(-c3ccc(N4CCCC4=O)cc3-c3cccc(COC4CCN(c5cccc(N(C)C6CCC(=O)NC6=O)c5N(C)C=O)CC4)c3)c2F)c1. The minimum atomic E-state index is -0.873. The summed E-state index contributed by atoms with van der Waals surface area (Å²) in [5.74, 6) is -2.68. The Morgan fingerprint density at radius 3 is 2.34 bits per heavy atom. The number of rotatable bonds is 16. The second-order valence-corrected chi connectivity index (χ2v) is 17.6. The molecule has 16 nitrogen and oxygen atoms in total. The Kier molecular flexibility index (Phi) is 14.7. The number of ether oxygens (including phenoxy) is 1. The third-order valence-electron chi connectivity index (χ3n) is 13.2. The highest BCUT2D eigenvalue weighted by Crippen LogP contribution is 2.42. The smallest absolute Gasteiger partial charge is 0.274 e. The van der Waals surface area contributed by atoms with Crippen molar-refractivity contribution in [2.45, 2.75) is 57.3 Å². The highest BCUT2D eigenvalue weighted by molar-refractivity contribution is 6.49. The summed E-state index contributed by atoms with van der Waals surface area (Å²) in [4.78, 5) is 83.0. The number of amides is 6. The van der Waals surface area contributed by atoms with Gasteiger partial charge >= 0.3 is 0 Å². The second-order valence-electron chi connectivity index (χ2n) is 17.6. The monoisotopic (exact) mass is 949 g/mol. The first kappa shape index (κ1) is 48.5. The molecule has 5 aromatic carbocycles. The minimum absolute atomic E-state index is 0.00157. The van der Waals surface area contributed by atoms with Crippen molar-refractivity contribution < 1.29 is 37.9 Å². The third kappa shape index (κ3) is 10.1. The molecular weight excluding hydrogens is 894 g/mol. The molecule has 0 aliphatic carbocycles. The van der Waals surface area contributed by atoms with Crippen molar-refractivity contribution in [2.75, 3.05) is 78.1 Å². The molecule has 362 valence electrons. The van der Waals surface area contributed by atoms with Crippen molar-refractivity contribution in [1.82, 2.24) is 10.6 Å². The molecule has 3 heterocycles. The molecule has 0 spiro atoms. The fourth-order valence-electron chi connectivity index (χ4n) is 9.52. The van der Waals surface area contributed by atoms with Gasteiger partial charge in [-0.25, -0.2) is 4.39 Å². The van der Waals surface area contributed by atoms with Gasteiger partial charge in [0.25, 0.3) is 11.8 Å². The van der Waals surface area contributed by atoms with E-state index in [9.17, 15) is 28.8 Å². The number of para-hydroxylation sites is 1. The molecule has 1 atom stereocenters. The number of nitrogens with one attached hydrogen (secondary N) is 5. The molecule has 70 heavy (non-hydrogen) atoms. The largest absolute Gasteiger partial charge is 0.387 e. The summed E-state index contributed by atoms with van der Waals surface area (Å²) in [5.41, 5.74) is 5.70. The van der Waals surface area contributed by atoms with E-state index < -0.39 is 23.5 Å². The Balaban J connectivity index is 1.02. The Morgan fingerprint density at radius 2 is 1.63 bits per heavy atom. The maximum atomic E-state index is 17.2. The molecule has 0 radical (unpaired) electrons. The van der Waals surface area contributed by atoms with Gasteiger partial charge in [0.1, 0.15) is 17.6 Å². The van der Waals surface area contributed by atoms with Crippen LogP contribution >= 0.6 is 0 Å². The lowest BCUT2D eigenvalue weighted by atomic mass is 9.90. The van der Waals surface area contributed by atoms with Crippen LogP contribution in [0.4, 0.5) is 38.5 Å². The number of piperidine rings is 2. The number of hydrogen-bond donors (Lipinski definition) is 5. The van der Waals surface area contributed by atoms with Crippen LogP contribution in [0, 0.1) is 11.2 Å². The molecule has 6 amide bonds. The maximum Gasteiger partial charge on any atom is 0.274 e. The van der Waals surface area contributed by atoms with Crippen LogP contribution < -0.4 is 40.9 Å². The highest BCUT2D eigenvalue weighted by Gasteiger charge is 2.33. The normalized spacial score (nSPS) is 16.1. The van der Waals surface area contributed by atoms with E-state index in [2.05, 4.69) is 26.2 Å². The fraction of sp³-hybridized carbons (Fsp3) is 0.302. The van der Waals surface area contributed by atoms with E-state index in [0.29, 0.717) is 79.1 Å². The van der Waals surface area contributed by atoms with Crippen molar-refractivity contribution in [2.24, 2.45) is 0 Å². The van der Waals surface area contributed by atoms with Crippen molar-refractivity contribution in [1.29, 1.82) is 5.41 Å². The van der Waals surface area contributed by atoms with Gasteiger partial charge in [-0.3, -0.25) is 39.5 Å². The van der Waals surface area contributed by atoms with Crippen LogP contribution in [-0.4, -0.2) is 102 Å². The van der Waals surface area contributed by atoms with Gasteiger partial charge in [-0.2, -0.15) is 0 Å². The quantitative estimate of drug-likeness (QED) is 0.0403. The van der Waals surface area contributed by atoms with Crippen LogP contribution in [0.25, 0.3) is 22.3 Å². The topological polar surface area (TPSA) is 197 Å². The van der Waals surface area contributed by atoms with Gasteiger partial charge in [-0.05, 0) is 109 Å². The number of benzene rings is 5. The number of likely N-dealkylation sites (N-methyl/N-ethyl adjacent to an activating group) is 1. The van der Waals surface area contributed by atoms with Crippen molar-refractivity contribution in [3.8, 4) is 22.3 Å². The molecule has 0 saturated carbocycles. The van der Waals surface area contributed by atoms with E-state index in [-0.39, 0.29) is 65.3 Å². The summed E-state index contributed by atoms with van der Waals surface area (Å²) in [5, 5.41) is 19.5. The lowest BCUT2D eigenvalue weighted by Crippen LogP contribution is -2.51. The number of anilines is 6. The first-order valence-electron chi connectivity index (χ1n) is 23.3. The predicted molar refractivity (Wildman–Crippen MR) is 269 cm³/mol. The number of carbonyl (C=O) groups excluding carboxylic acids is 6. The van der Waals surface area contributed by atoms with Crippen LogP contribution in [0.15, 0.2) is 97.1 Å². The average Bonchev–Trinajstić information content (AvgIpc) is 3.82. The number of halogens is 1. The molecule has 3 aliphatic rings. The van der Waals surface area contributed by atoms with E-state index in [0.717, 1.165) is 29.6 Å². The van der Waals surface area contributed by atoms with Gasteiger partial charge in [-0.15, -0.1) is 0 Å². The zero-order valence-corrected chi connectivity index (χ0v) is 39.6. The van der Waals surface area contributed by atoms with Gasteiger partial charge in [-0.1, -0.05) is 36.4 Å². The Labute approximate surface area is 405 Å². The maximum absolute atomic E-state index is 17.2. The summed E-state index contributed by atoms with van der Waals surface area (Å²) < 4.78 is 23.7. The molecule has 8 rings (SSSR count). The number of hydrogen-bond acceptors (Lipinski definition) is 11. The number of imide groups is 1. The second kappa shape index (κ2) is 21.2. The lowest BCUT2D eigenvalue weighted by molar-refractivity contribution is -0.134. The summed E-state index contributed by atoms with van der Waals surface area (Å²) in [7, 11) is 6.56. The van der Waals surface area contributed by atoms with E-state index in [1.165, 1.54) is 18.0 Å². The van der Waals surface area contributed by atoms with E-state index in [1.54, 1.807) is 68.5 Å². The van der Waals surface area contributed by atoms with E-state index in [4.69, 9.17) is 10.1 Å². The first-order chi connectivity index (χ1) is 33.8. The van der Waals surface area contributed by atoms with E-state index in [1.807, 2.05) is 53.4 Å². The minimum Gasteiger partial charge on any atom is -0.387 e. The summed E-state index contributed by atoms with van der Waals surface area (Å²) >= 11 is 0. The average molecular weight is 950 g/mol. The zero-order valence-electron chi connectivity index (χ0n) is 39.6. The van der Waals surface area contributed by atoms with Crippen LogP contribution in [0.2, 0.25) is 0 Å². The van der Waals surface area contributed by atoms with Gasteiger partial charge in [0, 0.05) is 88.9 Å². The molecular formula is C53H56FN9O7. The number of nitrogens with zero attached hydrogens (tertiary/aromatic N) is 4. The molecule has 3 saturated heterocycles. The van der Waals surface area contributed by atoms with Crippen LogP contribution in [0.1, 0.15) is 60.0 Å². The van der Waals surface area contributed by atoms with E-state index >= 15 is 4.39 Å². The molecule has 0 aromatic heterocycles. The van der Waals surface area contributed by atoms with Crippen LogP contribution in [0.5, 0.6) is 0 Å². The van der Waals surface area contributed by atoms with Gasteiger partial charge < -0.3 is 40.3 Å². The highest BCUT2D eigenvalue weighted by atomic mass is 19.1. The third-order valence-corrected chi connectivity index (χ3v) is 13.2. The molecule has 5 aromatic rings. The Hall–Kier alpha value is -7.92. The van der Waals surface area contributed by atoms with Gasteiger partial charge in [0.2, 0.25) is 24.1 Å². The Morgan fingerprint density at radius 1 is 0.871 bits per heavy atom. The van der Waals surface area contributed by atoms with Crippen molar-refractivity contribution in [3.63, 3.8) is 0 Å². The van der Waals surface area contributed by atoms with Crippen molar-refractivity contribution >= 4 is 75.8 Å². The molecule has 3 aliphatic heterocycles. The van der Waals surface area contributed by atoms with Crippen LogP contribution in [0.3, 0.4) is 0 Å². The molecule has 5 N–H and O–H groups in total. The summed E-state index contributed by atoms with van der Waals surface area (Å²) in [6.07, 6.45) is 3.82. The molecule has 17 heteroatoms. The Bertz CT molecular complexity index is 2880. The molecule has 1 unspecified atom stereocenters. The van der Waals surface area contributed by atoms with Gasteiger partial charge in [0.15, 0.2) is 0 Å². The summed E-state index contributed by atoms with van der Waals surface area (Å²) in [6, 6.07) is 27.8. The zero-order chi connectivity index (χ0) is 49.6. The first-order valence-corrected chi connectivity index (χ1v) is 23.3. The fourth-order valence-corrected chi connectivity index (χ4v) is 9.52. The van der Waals surface area contributed by atoms with Crippen molar-refractivity contribution in [3.05, 3.63) is 120 Å². The number of carbonyl (C=O) groups is 6. The molecule has 3 fully saturated rings. The molecule has 0 bridgehead atoms. The van der Waals surface area contributed by atoms with Crippen LogP contribution in [-0.2, 0) is 35.3 Å². The van der Waals surface area contributed by atoms with Gasteiger partial charge in [0.05, 0.1) is 35.3 Å². The standard InChI is InChI=1S/C53H56FN9O7/c1-56-41-19-18-39(48(54)47(41)49(55)53(69)58-35-12-6-11-34(28-35)51(67)57-2)38-17-16-36(63-24-8-15-46(63)66)29-40(38)33-10-5-9-32(27-33)30-70-37-22-25-62(26-23-37)43-14-7-13-42(50(43)60(3)31-64)61(4)44-20-21-45(65)59-52(44)68/h5-7,9-14,16-19,27-29,31,37,44,55-56H,8,15,20-26,30H2,1-4H3,(H,57,67)(H,58,69)(H,59,65,68). The summed E-state index contributed by atoms with van der Waals surface area (Å²) in [6.45, 7) is 2.13. The lowest BCUT2D eigenvalue weighted by Gasteiger charge is -2.38. The predicted octanol–water partition coefficient (Wildman–Crippen LogP) is 6.71.